The van der Waals surface area contributed by atoms with E-state index in [0.717, 1.165) is 0 Å². The molecular weight excluding hydrogens is 196 g/mol. The van der Waals surface area contributed by atoms with Crippen molar-refractivity contribution in [1.82, 2.24) is 4.90 Å². The Balaban J connectivity index is 2.62. The van der Waals surface area contributed by atoms with Crippen molar-refractivity contribution in [1.29, 1.82) is 0 Å². The smallest absolute Gasteiger partial charge is 0.308 e. The zero-order chi connectivity index (χ0) is 11.6. The summed E-state index contributed by atoms with van der Waals surface area (Å²) in [5.41, 5.74) is 5.41. The van der Waals surface area contributed by atoms with E-state index in [2.05, 4.69) is 0 Å². The van der Waals surface area contributed by atoms with Gasteiger partial charge in [-0.05, 0) is 5.92 Å². The lowest BCUT2D eigenvalue weighted by Gasteiger charge is -2.19. The summed E-state index contributed by atoms with van der Waals surface area (Å²) in [5, 5.41) is 8.92. The van der Waals surface area contributed by atoms with Gasteiger partial charge in [0, 0.05) is 25.6 Å². The van der Waals surface area contributed by atoms with Crippen LogP contribution in [0.3, 0.4) is 0 Å². The summed E-state index contributed by atoms with van der Waals surface area (Å²) >= 11 is 0. The van der Waals surface area contributed by atoms with Gasteiger partial charge in [-0.1, -0.05) is 13.8 Å². The third-order valence-corrected chi connectivity index (χ3v) is 3.02. The number of nitrogens with two attached hydrogens (primary N) is 1. The van der Waals surface area contributed by atoms with Crippen molar-refractivity contribution in [2.75, 3.05) is 19.6 Å². The molecule has 0 aromatic heterocycles. The van der Waals surface area contributed by atoms with E-state index in [1.807, 2.05) is 6.92 Å². The van der Waals surface area contributed by atoms with Crippen LogP contribution in [0.15, 0.2) is 0 Å². The van der Waals surface area contributed by atoms with Gasteiger partial charge in [-0.15, -0.1) is 0 Å². The Morgan fingerprint density at radius 1 is 1.53 bits per heavy atom. The molecule has 0 aromatic carbocycles. The molecule has 0 spiro atoms. The van der Waals surface area contributed by atoms with Crippen LogP contribution in [0.4, 0.5) is 0 Å². The summed E-state index contributed by atoms with van der Waals surface area (Å²) in [4.78, 5) is 24.2. The number of aliphatic carboxylic acids is 1. The van der Waals surface area contributed by atoms with Crippen LogP contribution in [-0.2, 0) is 9.59 Å². The van der Waals surface area contributed by atoms with E-state index in [-0.39, 0.29) is 17.7 Å². The normalized spacial score (nSPS) is 27.8. The van der Waals surface area contributed by atoms with Gasteiger partial charge in [-0.25, -0.2) is 0 Å². The Bertz CT molecular complexity index is 267. The number of amides is 1. The first-order chi connectivity index (χ1) is 6.97. The third kappa shape index (κ3) is 2.47. The molecule has 3 atom stereocenters. The Kier molecular flexibility index (Phi) is 3.68. The molecule has 86 valence electrons. The van der Waals surface area contributed by atoms with Gasteiger partial charge in [0.15, 0.2) is 0 Å². The number of hydrogen-bond acceptors (Lipinski definition) is 3. The molecule has 1 fully saturated rings. The molecule has 0 bridgehead atoms. The number of hydrogen-bond donors (Lipinski definition) is 2. The van der Waals surface area contributed by atoms with Gasteiger partial charge in [0.2, 0.25) is 5.91 Å². The van der Waals surface area contributed by atoms with Crippen molar-refractivity contribution >= 4 is 11.9 Å². The second kappa shape index (κ2) is 4.61. The Morgan fingerprint density at radius 3 is 2.53 bits per heavy atom. The fourth-order valence-electron chi connectivity index (χ4n) is 1.88. The molecule has 5 heteroatoms. The fourth-order valence-corrected chi connectivity index (χ4v) is 1.88. The van der Waals surface area contributed by atoms with Crippen molar-refractivity contribution in [3.05, 3.63) is 0 Å². The van der Waals surface area contributed by atoms with Crippen molar-refractivity contribution < 1.29 is 14.7 Å². The van der Waals surface area contributed by atoms with Gasteiger partial charge in [-0.2, -0.15) is 0 Å². The molecule has 1 saturated heterocycles. The Morgan fingerprint density at radius 2 is 2.13 bits per heavy atom. The van der Waals surface area contributed by atoms with Crippen LogP contribution >= 0.6 is 0 Å². The molecule has 3 unspecified atom stereocenters. The molecule has 1 aliphatic heterocycles. The molecule has 1 amide bonds. The van der Waals surface area contributed by atoms with E-state index in [1.54, 1.807) is 11.8 Å². The Labute approximate surface area is 89.2 Å². The zero-order valence-corrected chi connectivity index (χ0v) is 9.14. The minimum absolute atomic E-state index is 0.0245. The highest BCUT2D eigenvalue weighted by Crippen LogP contribution is 2.24. The summed E-state index contributed by atoms with van der Waals surface area (Å²) in [6.07, 6.45) is 0. The molecule has 1 heterocycles. The topological polar surface area (TPSA) is 83.6 Å². The molecule has 1 aliphatic rings. The van der Waals surface area contributed by atoms with E-state index >= 15 is 0 Å². The maximum Gasteiger partial charge on any atom is 0.308 e. The fraction of sp³-hybridized carbons (Fsp3) is 0.800. The maximum absolute atomic E-state index is 11.7. The van der Waals surface area contributed by atoms with E-state index in [4.69, 9.17) is 10.8 Å². The zero-order valence-electron chi connectivity index (χ0n) is 9.14. The molecule has 0 aromatic rings. The van der Waals surface area contributed by atoms with Gasteiger partial charge >= 0.3 is 5.97 Å². The van der Waals surface area contributed by atoms with Crippen molar-refractivity contribution in [2.45, 2.75) is 13.8 Å². The van der Waals surface area contributed by atoms with Gasteiger partial charge in [0.25, 0.3) is 0 Å². The summed E-state index contributed by atoms with van der Waals surface area (Å²) < 4.78 is 0. The van der Waals surface area contributed by atoms with Crippen LogP contribution in [0.2, 0.25) is 0 Å². The average Bonchev–Trinajstić information content (AvgIpc) is 2.58. The van der Waals surface area contributed by atoms with E-state index in [9.17, 15) is 9.59 Å². The van der Waals surface area contributed by atoms with Crippen molar-refractivity contribution in [2.24, 2.45) is 23.5 Å². The van der Waals surface area contributed by atoms with E-state index in [0.29, 0.717) is 19.6 Å². The lowest BCUT2D eigenvalue weighted by Crippen LogP contribution is -2.37. The van der Waals surface area contributed by atoms with Crippen LogP contribution in [0.1, 0.15) is 13.8 Å². The highest BCUT2D eigenvalue weighted by atomic mass is 16.4. The van der Waals surface area contributed by atoms with Crippen molar-refractivity contribution in [3.8, 4) is 0 Å². The number of carboxylic acid groups (broad SMARTS) is 1. The van der Waals surface area contributed by atoms with E-state index in [1.165, 1.54) is 0 Å². The third-order valence-electron chi connectivity index (χ3n) is 3.02. The van der Waals surface area contributed by atoms with Crippen molar-refractivity contribution in [3.63, 3.8) is 0 Å². The second-order valence-corrected chi connectivity index (χ2v) is 4.30. The summed E-state index contributed by atoms with van der Waals surface area (Å²) in [7, 11) is 0. The highest BCUT2D eigenvalue weighted by Gasteiger charge is 2.37. The summed E-state index contributed by atoms with van der Waals surface area (Å²) in [6, 6.07) is 0. The van der Waals surface area contributed by atoms with Crippen LogP contribution < -0.4 is 5.73 Å². The predicted octanol–water partition coefficient (Wildman–Crippen LogP) is -0.240. The van der Waals surface area contributed by atoms with Gasteiger partial charge < -0.3 is 15.7 Å². The maximum atomic E-state index is 11.7. The second-order valence-electron chi connectivity index (χ2n) is 4.30. The number of carbonyl (C=O) groups is 2. The first-order valence-corrected chi connectivity index (χ1v) is 5.19. The number of nitrogens with zero attached hydrogens (tertiary/aromatic N) is 1. The molecule has 1 rings (SSSR count). The SMILES string of the molecule is CC(CN)C(=O)N1CC(C)C(C(=O)O)C1. The predicted molar refractivity (Wildman–Crippen MR) is 55.1 cm³/mol. The lowest BCUT2D eigenvalue weighted by molar-refractivity contribution is -0.142. The van der Waals surface area contributed by atoms with Gasteiger partial charge in [0.05, 0.1) is 5.92 Å². The molecule has 0 aliphatic carbocycles. The number of carbonyl (C=O) groups excluding carboxylic acids is 1. The van der Waals surface area contributed by atoms with Gasteiger partial charge in [-0.3, -0.25) is 9.59 Å². The molecule has 0 saturated carbocycles. The number of carboxylic acids is 1. The first-order valence-electron chi connectivity index (χ1n) is 5.19. The minimum Gasteiger partial charge on any atom is -0.481 e. The highest BCUT2D eigenvalue weighted by molar-refractivity contribution is 5.80. The summed E-state index contributed by atoms with van der Waals surface area (Å²) in [6.45, 7) is 4.78. The van der Waals surface area contributed by atoms with Crippen LogP contribution in [0.25, 0.3) is 0 Å². The molecule has 3 N–H and O–H groups in total. The van der Waals surface area contributed by atoms with Crippen LogP contribution in [-0.4, -0.2) is 41.5 Å². The molecule has 0 radical (unpaired) electrons. The van der Waals surface area contributed by atoms with Gasteiger partial charge in [0.1, 0.15) is 0 Å². The number of rotatable bonds is 3. The number of likely N-dealkylation sites (tertiary alicyclic amines) is 1. The molecule has 5 nitrogen and oxygen atoms in total. The monoisotopic (exact) mass is 214 g/mol. The van der Waals surface area contributed by atoms with Crippen LogP contribution in [0, 0.1) is 17.8 Å². The molecular formula is C10H18N2O3. The quantitative estimate of drug-likeness (QED) is 0.679. The van der Waals surface area contributed by atoms with Crippen LogP contribution in [0.5, 0.6) is 0 Å². The molecule has 15 heavy (non-hydrogen) atoms. The largest absolute Gasteiger partial charge is 0.481 e. The average molecular weight is 214 g/mol. The van der Waals surface area contributed by atoms with E-state index < -0.39 is 11.9 Å². The lowest BCUT2D eigenvalue weighted by atomic mass is 9.99. The summed E-state index contributed by atoms with van der Waals surface area (Å²) in [5.74, 6) is -1.48. The minimum atomic E-state index is -0.821. The standard InChI is InChI=1S/C10H18N2O3/c1-6(3-11)9(13)12-4-7(2)8(5-12)10(14)15/h6-8H,3-5,11H2,1-2H3,(H,14,15). The Hall–Kier alpha value is -1.10. The first kappa shape index (κ1) is 12.0.